The number of fused-ring (bicyclic) bond motifs is 1. The second kappa shape index (κ2) is 8.00. The van der Waals surface area contributed by atoms with Crippen molar-refractivity contribution in [3.05, 3.63) is 34.5 Å². The highest BCUT2D eigenvalue weighted by Crippen LogP contribution is 2.42. The molecule has 0 bridgehead atoms. The number of carbonyl (C=O) groups excluding carboxylic acids is 1. The zero-order valence-electron chi connectivity index (χ0n) is 19.3. The van der Waals surface area contributed by atoms with E-state index in [0.717, 1.165) is 29.6 Å². The van der Waals surface area contributed by atoms with Crippen LogP contribution in [0.15, 0.2) is 15.5 Å². The normalized spacial score (nSPS) is 19.7. The standard InChI is InChI=1S/C22H28N6O4S/c1-12-20(13(2)32-26-12)33(30,31)28-9-7-15(8-10-28)19-18-16(22(29)23-3)11-17(14-5-6-14)24-21(18)27(4)25-19/h11,14-15H,5-10H2,1-4H3,(H-,23,29,30,31). The molecule has 2 aliphatic rings. The van der Waals surface area contributed by atoms with E-state index in [2.05, 4.69) is 10.5 Å². The Morgan fingerprint density at radius 3 is 2.48 bits per heavy atom. The number of aryl methyl sites for hydroxylation is 3. The molecule has 1 saturated heterocycles. The van der Waals surface area contributed by atoms with Crippen molar-refractivity contribution in [2.45, 2.75) is 56.3 Å². The molecule has 1 saturated carbocycles. The number of nitrogens with zero attached hydrogens (tertiary/aromatic N) is 5. The van der Waals surface area contributed by atoms with Crippen molar-refractivity contribution in [1.29, 1.82) is 0 Å². The summed E-state index contributed by atoms with van der Waals surface area (Å²) < 4.78 is 34.7. The van der Waals surface area contributed by atoms with Gasteiger partial charge in [0.05, 0.1) is 16.6 Å². The summed E-state index contributed by atoms with van der Waals surface area (Å²) in [5.74, 6) is 0.589. The van der Waals surface area contributed by atoms with Crippen LogP contribution in [0, 0.1) is 13.8 Å². The number of hydrogen-bond donors (Lipinski definition) is 1. The molecule has 0 aromatic carbocycles. The van der Waals surface area contributed by atoms with Crippen molar-refractivity contribution in [1.82, 2.24) is 29.5 Å². The number of rotatable bonds is 5. The Kier molecular flexibility index (Phi) is 5.37. The van der Waals surface area contributed by atoms with Crippen LogP contribution in [0.1, 0.15) is 70.7 Å². The van der Waals surface area contributed by atoms with Gasteiger partial charge in [-0.05, 0) is 38.7 Å². The van der Waals surface area contributed by atoms with Gasteiger partial charge in [-0.15, -0.1) is 4.31 Å². The fourth-order valence-corrected chi connectivity index (χ4v) is 6.59. The molecule has 33 heavy (non-hydrogen) atoms. The molecule has 1 N–H and O–H groups in total. The molecule has 0 spiro atoms. The van der Waals surface area contributed by atoms with Crippen LogP contribution in [-0.2, 0) is 21.7 Å². The molecular weight excluding hydrogens is 444 g/mol. The SMILES string of the molecule is CNC(=O)c1cc(C2CC2)nc2c1c(C1CCN([S+](=O)([O-])c3c(C)noc3C)CC1)nn2C. The van der Waals surface area contributed by atoms with Gasteiger partial charge in [0.25, 0.3) is 5.91 Å². The average Bonchev–Trinajstić information content (AvgIpc) is 3.53. The number of carbonyl (C=O) groups is 1. The molecule has 3 aromatic heterocycles. The first-order valence-corrected chi connectivity index (χ1v) is 12.7. The van der Waals surface area contributed by atoms with Gasteiger partial charge in [0.1, 0.15) is 5.69 Å². The zero-order valence-corrected chi connectivity index (χ0v) is 20.1. The number of amides is 1. The minimum Gasteiger partial charge on any atom is -0.593 e. The van der Waals surface area contributed by atoms with E-state index in [-0.39, 0.29) is 16.7 Å². The first-order chi connectivity index (χ1) is 15.7. The molecule has 4 heterocycles. The lowest BCUT2D eigenvalue weighted by atomic mass is 9.91. The van der Waals surface area contributed by atoms with Crippen LogP contribution in [0.3, 0.4) is 0 Å². The highest BCUT2D eigenvalue weighted by Gasteiger charge is 2.40. The van der Waals surface area contributed by atoms with Gasteiger partial charge < -0.3 is 14.4 Å². The Hall–Kier alpha value is -2.63. The maximum absolute atomic E-state index is 13.2. The lowest BCUT2D eigenvalue weighted by Crippen LogP contribution is -2.42. The van der Waals surface area contributed by atoms with E-state index in [1.165, 1.54) is 4.31 Å². The van der Waals surface area contributed by atoms with E-state index in [4.69, 9.17) is 14.6 Å². The van der Waals surface area contributed by atoms with Crippen LogP contribution in [0.2, 0.25) is 0 Å². The van der Waals surface area contributed by atoms with Crippen LogP contribution in [0.5, 0.6) is 0 Å². The van der Waals surface area contributed by atoms with Gasteiger partial charge in [-0.1, -0.05) is 9.37 Å². The number of aromatic nitrogens is 4. The van der Waals surface area contributed by atoms with E-state index >= 15 is 0 Å². The summed E-state index contributed by atoms with van der Waals surface area (Å²) >= 11 is 0. The quantitative estimate of drug-likeness (QED) is 0.565. The number of nitrogens with one attached hydrogen (secondary N) is 1. The molecule has 10 nitrogen and oxygen atoms in total. The molecule has 11 heteroatoms. The van der Waals surface area contributed by atoms with Crippen molar-refractivity contribution in [3.8, 4) is 0 Å². The summed E-state index contributed by atoms with van der Waals surface area (Å²) in [4.78, 5) is 17.8. The first-order valence-electron chi connectivity index (χ1n) is 11.2. The number of piperidine rings is 1. The topological polar surface area (TPSA) is 129 Å². The Balaban J connectivity index is 1.46. The number of pyridine rings is 1. The third kappa shape index (κ3) is 3.68. The van der Waals surface area contributed by atoms with E-state index in [9.17, 15) is 13.6 Å². The van der Waals surface area contributed by atoms with Gasteiger partial charge in [0.2, 0.25) is 4.90 Å². The van der Waals surface area contributed by atoms with E-state index in [0.29, 0.717) is 54.5 Å². The predicted molar refractivity (Wildman–Crippen MR) is 120 cm³/mol. The highest BCUT2D eigenvalue weighted by molar-refractivity contribution is 7.95. The fourth-order valence-electron chi connectivity index (χ4n) is 4.83. The molecule has 1 aliphatic carbocycles. The number of sulfonamides is 1. The zero-order chi connectivity index (χ0) is 23.5. The third-order valence-corrected chi connectivity index (χ3v) is 8.86. The van der Waals surface area contributed by atoms with Crippen molar-refractivity contribution in [2.24, 2.45) is 7.05 Å². The lowest BCUT2D eigenvalue weighted by Gasteiger charge is -2.33. The largest absolute Gasteiger partial charge is 0.593 e. The molecule has 0 radical (unpaired) electrons. The van der Waals surface area contributed by atoms with Gasteiger partial charge in [0.15, 0.2) is 21.8 Å². The predicted octanol–water partition coefficient (Wildman–Crippen LogP) is 2.59. The van der Waals surface area contributed by atoms with E-state index < -0.39 is 10.4 Å². The summed E-state index contributed by atoms with van der Waals surface area (Å²) in [6.07, 6.45) is 3.39. The molecule has 1 atom stereocenters. The van der Waals surface area contributed by atoms with Gasteiger partial charge in [0, 0.05) is 51.6 Å². The Morgan fingerprint density at radius 2 is 1.91 bits per heavy atom. The minimum atomic E-state index is -3.68. The van der Waals surface area contributed by atoms with Gasteiger partial charge in [-0.2, -0.15) is 5.10 Å². The van der Waals surface area contributed by atoms with Crippen LogP contribution in [0.25, 0.3) is 11.0 Å². The van der Waals surface area contributed by atoms with Crippen molar-refractivity contribution < 1.29 is 18.1 Å². The summed E-state index contributed by atoms with van der Waals surface area (Å²) in [5, 5.41) is 12.1. The van der Waals surface area contributed by atoms with Gasteiger partial charge in [-0.3, -0.25) is 9.48 Å². The van der Waals surface area contributed by atoms with Crippen LogP contribution in [0.4, 0.5) is 0 Å². The first kappa shape index (κ1) is 22.2. The molecular formula is C22H28N6O4S. The molecule has 5 rings (SSSR count). The van der Waals surface area contributed by atoms with E-state index in [1.807, 2.05) is 13.1 Å². The molecule has 1 amide bonds. The van der Waals surface area contributed by atoms with Crippen molar-refractivity contribution in [3.63, 3.8) is 0 Å². The highest BCUT2D eigenvalue weighted by atomic mass is 32.3. The average molecular weight is 473 g/mol. The van der Waals surface area contributed by atoms with Gasteiger partial charge in [-0.25, -0.2) is 4.98 Å². The summed E-state index contributed by atoms with van der Waals surface area (Å²) in [7, 11) is -0.210. The summed E-state index contributed by atoms with van der Waals surface area (Å²) in [6, 6.07) is 1.90. The van der Waals surface area contributed by atoms with Crippen LogP contribution >= 0.6 is 0 Å². The Labute approximate surface area is 193 Å². The molecule has 176 valence electrons. The summed E-state index contributed by atoms with van der Waals surface area (Å²) in [6.45, 7) is 3.97. The molecule has 1 aliphatic heterocycles. The minimum absolute atomic E-state index is 0.0294. The lowest BCUT2D eigenvalue weighted by molar-refractivity contribution is 0.0964. The molecule has 2 fully saturated rings. The number of hydrogen-bond acceptors (Lipinski definition) is 7. The Bertz CT molecular complexity index is 1270. The smallest absolute Gasteiger partial charge is 0.251 e. The second-order valence-electron chi connectivity index (χ2n) is 8.99. The molecule has 1 unspecified atom stereocenters. The maximum atomic E-state index is 13.2. The molecule has 3 aromatic rings. The third-order valence-electron chi connectivity index (χ3n) is 6.71. The van der Waals surface area contributed by atoms with Crippen molar-refractivity contribution >= 4 is 27.3 Å². The fraction of sp³-hybridized carbons (Fsp3) is 0.545. The van der Waals surface area contributed by atoms with Gasteiger partial charge >= 0.3 is 0 Å². The maximum Gasteiger partial charge on any atom is 0.251 e. The van der Waals surface area contributed by atoms with E-state index in [1.54, 1.807) is 25.6 Å². The summed E-state index contributed by atoms with van der Waals surface area (Å²) in [5.41, 5.74) is 3.43. The van der Waals surface area contributed by atoms with Crippen LogP contribution in [-0.4, -0.2) is 54.8 Å². The second-order valence-corrected chi connectivity index (χ2v) is 10.9. The monoisotopic (exact) mass is 472 g/mol. The van der Waals surface area contributed by atoms with Crippen LogP contribution < -0.4 is 5.32 Å². The van der Waals surface area contributed by atoms with Crippen molar-refractivity contribution in [2.75, 3.05) is 20.1 Å². The Morgan fingerprint density at radius 1 is 1.21 bits per heavy atom.